The Kier molecular flexibility index (Phi) is 1.84. The maximum atomic E-state index is 13.6. The van der Waals surface area contributed by atoms with Gasteiger partial charge in [-0.3, -0.25) is 0 Å². The fraction of sp³-hybridized carbons (Fsp3) is 0.0769. The van der Waals surface area contributed by atoms with Gasteiger partial charge >= 0.3 is 0 Å². The second kappa shape index (κ2) is 3.11. The van der Waals surface area contributed by atoms with E-state index in [-0.39, 0.29) is 0 Å². The van der Waals surface area contributed by atoms with Gasteiger partial charge in [-0.15, -0.1) is 0 Å². The summed E-state index contributed by atoms with van der Waals surface area (Å²) in [6.45, 7) is 0. The van der Waals surface area contributed by atoms with Crippen LogP contribution in [0.4, 0.5) is 13.2 Å². The van der Waals surface area contributed by atoms with Crippen LogP contribution in [-0.2, 0) is 6.42 Å². The van der Waals surface area contributed by atoms with Crippen molar-refractivity contribution in [2.45, 2.75) is 6.42 Å². The molecule has 0 nitrogen and oxygen atoms in total. The normalized spacial score (nSPS) is 12.4. The molecule has 1 aliphatic rings. The van der Waals surface area contributed by atoms with Crippen molar-refractivity contribution in [1.82, 2.24) is 0 Å². The molecule has 0 saturated carbocycles. The highest BCUT2D eigenvalue weighted by atomic mass is 19.1. The van der Waals surface area contributed by atoms with E-state index < -0.39 is 17.5 Å². The van der Waals surface area contributed by atoms with Gasteiger partial charge in [0.25, 0.3) is 0 Å². The smallest absolute Gasteiger partial charge is 0.131 e. The number of fused-ring (bicyclic) bond motifs is 3. The van der Waals surface area contributed by atoms with Crippen molar-refractivity contribution in [3.8, 4) is 11.1 Å². The summed E-state index contributed by atoms with van der Waals surface area (Å²) in [5.74, 6) is -1.71. The molecule has 16 heavy (non-hydrogen) atoms. The Morgan fingerprint density at radius 1 is 0.938 bits per heavy atom. The first-order chi connectivity index (χ1) is 7.66. The summed E-state index contributed by atoms with van der Waals surface area (Å²) in [7, 11) is 0. The minimum atomic E-state index is -0.674. The van der Waals surface area contributed by atoms with E-state index in [1.54, 1.807) is 12.1 Å². The van der Waals surface area contributed by atoms with E-state index in [1.807, 2.05) is 0 Å². The molecule has 0 amide bonds. The van der Waals surface area contributed by atoms with Crippen LogP contribution in [0.5, 0.6) is 0 Å². The lowest BCUT2D eigenvalue weighted by atomic mass is 10.1. The molecule has 0 radical (unpaired) electrons. The van der Waals surface area contributed by atoms with E-state index in [1.165, 1.54) is 12.1 Å². The summed E-state index contributed by atoms with van der Waals surface area (Å²) in [4.78, 5) is 0. The van der Waals surface area contributed by atoms with Crippen molar-refractivity contribution in [3.05, 3.63) is 58.9 Å². The molecule has 3 heteroatoms. The van der Waals surface area contributed by atoms with Crippen LogP contribution in [0, 0.1) is 17.5 Å². The molecule has 0 aliphatic heterocycles. The van der Waals surface area contributed by atoms with E-state index in [2.05, 4.69) is 0 Å². The first-order valence-electron chi connectivity index (χ1n) is 4.92. The average molecular weight is 220 g/mol. The van der Waals surface area contributed by atoms with E-state index >= 15 is 0 Å². The Bertz CT molecular complexity index is 588. The van der Waals surface area contributed by atoms with Crippen molar-refractivity contribution in [2.75, 3.05) is 0 Å². The molecule has 0 fully saturated rings. The highest BCUT2D eigenvalue weighted by Gasteiger charge is 2.25. The molecule has 0 atom stereocenters. The number of benzene rings is 2. The van der Waals surface area contributed by atoms with Crippen molar-refractivity contribution < 1.29 is 13.2 Å². The van der Waals surface area contributed by atoms with Crippen molar-refractivity contribution in [3.63, 3.8) is 0 Å². The predicted octanol–water partition coefficient (Wildman–Crippen LogP) is 3.68. The van der Waals surface area contributed by atoms with Crippen LogP contribution in [0.1, 0.15) is 11.1 Å². The Balaban J connectivity index is 2.36. The van der Waals surface area contributed by atoms with E-state index in [0.29, 0.717) is 28.7 Å². The molecule has 2 aromatic carbocycles. The summed E-state index contributed by atoms with van der Waals surface area (Å²) in [6, 6.07) is 6.64. The number of rotatable bonds is 0. The van der Waals surface area contributed by atoms with Gasteiger partial charge in [0.15, 0.2) is 0 Å². The largest absolute Gasteiger partial charge is 0.207 e. The van der Waals surface area contributed by atoms with Gasteiger partial charge in [0.05, 0.1) is 0 Å². The van der Waals surface area contributed by atoms with Crippen LogP contribution in [-0.4, -0.2) is 0 Å². The van der Waals surface area contributed by atoms with Crippen LogP contribution >= 0.6 is 0 Å². The Labute approximate surface area is 90.3 Å². The molecule has 0 aromatic heterocycles. The van der Waals surface area contributed by atoms with E-state index in [4.69, 9.17) is 0 Å². The minimum absolute atomic E-state index is 0.328. The fourth-order valence-electron chi connectivity index (χ4n) is 2.21. The molecule has 0 heterocycles. The number of halogens is 3. The molecule has 0 saturated heterocycles. The molecule has 80 valence electrons. The lowest BCUT2D eigenvalue weighted by Gasteiger charge is -2.03. The van der Waals surface area contributed by atoms with Crippen molar-refractivity contribution in [2.24, 2.45) is 0 Å². The van der Waals surface area contributed by atoms with Crippen LogP contribution in [0.3, 0.4) is 0 Å². The predicted molar refractivity (Wildman–Crippen MR) is 54.6 cm³/mol. The third kappa shape index (κ3) is 1.18. The molecule has 3 rings (SSSR count). The van der Waals surface area contributed by atoms with Crippen molar-refractivity contribution in [1.29, 1.82) is 0 Å². The monoisotopic (exact) mass is 220 g/mol. The van der Waals surface area contributed by atoms with Gasteiger partial charge in [-0.25, -0.2) is 13.2 Å². The lowest BCUT2D eigenvalue weighted by molar-refractivity contribution is 0.577. The summed E-state index contributed by atoms with van der Waals surface area (Å²) >= 11 is 0. The van der Waals surface area contributed by atoms with Gasteiger partial charge < -0.3 is 0 Å². The minimum Gasteiger partial charge on any atom is -0.207 e. The molecular weight excluding hydrogens is 213 g/mol. The molecule has 0 spiro atoms. The zero-order valence-corrected chi connectivity index (χ0v) is 8.23. The standard InChI is InChI=1S/C13H7F3/c14-8-5-10-9(12(16)6-8)4-7-2-1-3-11(15)13(7)10/h1-3,5-6H,4H2. The second-order valence-corrected chi connectivity index (χ2v) is 3.86. The van der Waals surface area contributed by atoms with Gasteiger partial charge in [0.2, 0.25) is 0 Å². The van der Waals surface area contributed by atoms with Crippen molar-refractivity contribution >= 4 is 0 Å². The van der Waals surface area contributed by atoms with Gasteiger partial charge in [0, 0.05) is 23.6 Å². The van der Waals surface area contributed by atoms with E-state index in [9.17, 15) is 13.2 Å². The van der Waals surface area contributed by atoms with Crippen LogP contribution in [0.25, 0.3) is 11.1 Å². The van der Waals surface area contributed by atoms with Gasteiger partial charge in [0.1, 0.15) is 17.5 Å². The Morgan fingerprint density at radius 2 is 1.75 bits per heavy atom. The highest BCUT2D eigenvalue weighted by Crippen LogP contribution is 2.39. The topological polar surface area (TPSA) is 0 Å². The average Bonchev–Trinajstić information content (AvgIpc) is 2.58. The number of hydrogen-bond donors (Lipinski definition) is 0. The quantitative estimate of drug-likeness (QED) is 0.542. The van der Waals surface area contributed by atoms with Crippen LogP contribution < -0.4 is 0 Å². The molecule has 0 N–H and O–H groups in total. The third-order valence-electron chi connectivity index (χ3n) is 2.90. The molecule has 0 unspecified atom stereocenters. The zero-order valence-electron chi connectivity index (χ0n) is 8.23. The summed E-state index contributed by atoms with van der Waals surface area (Å²) in [5, 5.41) is 0. The molecule has 0 bridgehead atoms. The van der Waals surface area contributed by atoms with Crippen LogP contribution in [0.15, 0.2) is 30.3 Å². The Morgan fingerprint density at radius 3 is 2.56 bits per heavy atom. The first kappa shape index (κ1) is 9.46. The summed E-state index contributed by atoms with van der Waals surface area (Å²) in [6.07, 6.45) is 0.328. The summed E-state index contributed by atoms with van der Waals surface area (Å²) < 4.78 is 40.2. The Hall–Kier alpha value is -1.77. The van der Waals surface area contributed by atoms with Gasteiger partial charge in [-0.1, -0.05) is 12.1 Å². The van der Waals surface area contributed by atoms with Crippen LogP contribution in [0.2, 0.25) is 0 Å². The van der Waals surface area contributed by atoms with Gasteiger partial charge in [-0.05, 0) is 23.3 Å². The maximum absolute atomic E-state index is 13.6. The lowest BCUT2D eigenvalue weighted by Crippen LogP contribution is -1.89. The third-order valence-corrected chi connectivity index (χ3v) is 2.90. The maximum Gasteiger partial charge on any atom is 0.131 e. The van der Waals surface area contributed by atoms with E-state index in [0.717, 1.165) is 6.07 Å². The number of hydrogen-bond acceptors (Lipinski definition) is 0. The summed E-state index contributed by atoms with van der Waals surface area (Å²) in [5.41, 5.74) is 1.75. The first-order valence-corrected chi connectivity index (χ1v) is 4.92. The second-order valence-electron chi connectivity index (χ2n) is 3.86. The fourth-order valence-corrected chi connectivity index (χ4v) is 2.21. The molecule has 1 aliphatic carbocycles. The SMILES string of the molecule is Fc1cc(F)c2c(c1)-c1c(F)cccc1C2. The van der Waals surface area contributed by atoms with Gasteiger partial charge in [-0.2, -0.15) is 0 Å². The zero-order chi connectivity index (χ0) is 11.3. The molecular formula is C13H7F3. The highest BCUT2D eigenvalue weighted by molar-refractivity contribution is 5.77. The molecule has 2 aromatic rings.